The Morgan fingerprint density at radius 3 is 2.75 bits per heavy atom. The first-order valence-electron chi connectivity index (χ1n) is 6.55. The lowest BCUT2D eigenvalue weighted by molar-refractivity contribution is 0.382. The van der Waals surface area contributed by atoms with Crippen LogP contribution in [0.15, 0.2) is 30.3 Å². The topological polar surface area (TPSA) is 47.3 Å². The van der Waals surface area contributed by atoms with Crippen molar-refractivity contribution in [2.45, 2.75) is 25.8 Å². The molecule has 1 atom stereocenters. The van der Waals surface area contributed by atoms with Crippen LogP contribution in [0, 0.1) is 5.82 Å². The maximum atomic E-state index is 14.2. The van der Waals surface area contributed by atoms with Gasteiger partial charge in [-0.25, -0.2) is 4.39 Å². The van der Waals surface area contributed by atoms with Crippen LogP contribution in [-0.2, 0) is 12.8 Å². The van der Waals surface area contributed by atoms with Crippen LogP contribution in [-0.4, -0.2) is 7.11 Å². The van der Waals surface area contributed by atoms with Crippen LogP contribution in [0.4, 0.5) is 4.39 Å². The summed E-state index contributed by atoms with van der Waals surface area (Å²) in [5, 5.41) is 0. The zero-order valence-corrected chi connectivity index (χ0v) is 12.5. The molecule has 0 aliphatic heterocycles. The first kappa shape index (κ1) is 15.0. The van der Waals surface area contributed by atoms with Gasteiger partial charge in [0.1, 0.15) is 0 Å². The number of rotatable bonds is 6. The second kappa shape index (κ2) is 6.83. The fourth-order valence-corrected chi connectivity index (χ4v) is 3.12. The van der Waals surface area contributed by atoms with E-state index in [-0.39, 0.29) is 17.6 Å². The second-order valence-corrected chi connectivity index (χ2v) is 5.71. The highest BCUT2D eigenvalue weighted by atomic mass is 32.1. The van der Waals surface area contributed by atoms with Crippen molar-refractivity contribution in [1.29, 1.82) is 0 Å². The number of nitrogens with one attached hydrogen (secondary N) is 1. The summed E-state index contributed by atoms with van der Waals surface area (Å²) >= 11 is 1.70. The minimum absolute atomic E-state index is 0.0955. The number of hydrogen-bond donors (Lipinski definition) is 2. The highest BCUT2D eigenvalue weighted by Gasteiger charge is 2.17. The van der Waals surface area contributed by atoms with Crippen LogP contribution >= 0.6 is 11.3 Å². The number of thiophene rings is 1. The Morgan fingerprint density at radius 1 is 1.35 bits per heavy atom. The van der Waals surface area contributed by atoms with Crippen molar-refractivity contribution in [3.05, 3.63) is 51.5 Å². The van der Waals surface area contributed by atoms with E-state index in [0.717, 1.165) is 11.3 Å². The van der Waals surface area contributed by atoms with Gasteiger partial charge in [-0.2, -0.15) is 0 Å². The van der Waals surface area contributed by atoms with Crippen LogP contribution in [0.5, 0.6) is 5.75 Å². The quantitative estimate of drug-likeness (QED) is 0.635. The minimum atomic E-state index is -0.317. The van der Waals surface area contributed by atoms with E-state index in [9.17, 15) is 4.39 Å². The Kier molecular flexibility index (Phi) is 5.11. The summed E-state index contributed by atoms with van der Waals surface area (Å²) in [5.41, 5.74) is 3.37. The van der Waals surface area contributed by atoms with Crippen LogP contribution in [0.2, 0.25) is 0 Å². The molecule has 1 aromatic carbocycles. The molecule has 0 aliphatic carbocycles. The summed E-state index contributed by atoms with van der Waals surface area (Å²) in [6, 6.07) is 9.21. The van der Waals surface area contributed by atoms with Crippen LogP contribution < -0.4 is 16.0 Å². The van der Waals surface area contributed by atoms with E-state index in [1.54, 1.807) is 29.5 Å². The van der Waals surface area contributed by atoms with Gasteiger partial charge in [0.25, 0.3) is 0 Å². The van der Waals surface area contributed by atoms with Gasteiger partial charge < -0.3 is 4.74 Å². The van der Waals surface area contributed by atoms with E-state index in [2.05, 4.69) is 18.4 Å². The summed E-state index contributed by atoms with van der Waals surface area (Å²) in [5.74, 6) is 5.57. The first-order chi connectivity index (χ1) is 9.69. The molecule has 0 fully saturated rings. The van der Waals surface area contributed by atoms with Crippen LogP contribution in [0.3, 0.4) is 0 Å². The van der Waals surface area contributed by atoms with E-state index < -0.39 is 0 Å². The lowest BCUT2D eigenvalue weighted by Gasteiger charge is -2.15. The van der Waals surface area contributed by atoms with Crippen molar-refractivity contribution in [1.82, 2.24) is 5.43 Å². The highest BCUT2D eigenvalue weighted by molar-refractivity contribution is 7.12. The SMILES string of the molecule is CCc1ccc(C(Cc2cccc(OC)c2F)NN)s1. The van der Waals surface area contributed by atoms with Gasteiger partial charge in [0.05, 0.1) is 13.2 Å². The molecule has 0 spiro atoms. The first-order valence-corrected chi connectivity index (χ1v) is 7.37. The number of halogens is 1. The summed E-state index contributed by atoms with van der Waals surface area (Å²) in [7, 11) is 1.47. The van der Waals surface area contributed by atoms with Crippen molar-refractivity contribution < 1.29 is 9.13 Å². The van der Waals surface area contributed by atoms with E-state index >= 15 is 0 Å². The van der Waals surface area contributed by atoms with E-state index in [4.69, 9.17) is 10.6 Å². The zero-order valence-electron chi connectivity index (χ0n) is 11.7. The molecule has 0 saturated carbocycles. The molecule has 2 aromatic rings. The third-order valence-corrected chi connectivity index (χ3v) is 4.61. The van der Waals surface area contributed by atoms with Crippen LogP contribution in [0.25, 0.3) is 0 Å². The fourth-order valence-electron chi connectivity index (χ4n) is 2.10. The molecule has 5 heteroatoms. The van der Waals surface area contributed by atoms with Gasteiger partial charge in [-0.3, -0.25) is 11.3 Å². The van der Waals surface area contributed by atoms with E-state index in [1.807, 2.05) is 6.07 Å². The molecule has 2 rings (SSSR count). The smallest absolute Gasteiger partial charge is 0.168 e. The molecule has 3 N–H and O–H groups in total. The molecular formula is C15H19FN2OS. The lowest BCUT2D eigenvalue weighted by Crippen LogP contribution is -2.29. The molecule has 1 heterocycles. The Balaban J connectivity index is 2.22. The van der Waals surface area contributed by atoms with Gasteiger partial charge in [-0.15, -0.1) is 11.3 Å². The predicted molar refractivity (Wildman–Crippen MR) is 80.4 cm³/mol. The molecule has 0 amide bonds. The van der Waals surface area contributed by atoms with Crippen LogP contribution in [0.1, 0.15) is 28.3 Å². The number of ether oxygens (including phenoxy) is 1. The zero-order chi connectivity index (χ0) is 14.5. The Hall–Kier alpha value is -1.43. The average molecular weight is 294 g/mol. The summed E-state index contributed by atoms with van der Waals surface area (Å²) in [6.45, 7) is 2.11. The largest absolute Gasteiger partial charge is 0.494 e. The normalized spacial score (nSPS) is 12.4. The van der Waals surface area contributed by atoms with Gasteiger partial charge in [-0.05, 0) is 36.6 Å². The fraction of sp³-hybridized carbons (Fsp3) is 0.333. The molecule has 108 valence electrons. The molecule has 0 aliphatic rings. The van der Waals surface area contributed by atoms with Gasteiger partial charge in [0.15, 0.2) is 11.6 Å². The van der Waals surface area contributed by atoms with E-state index in [0.29, 0.717) is 12.0 Å². The van der Waals surface area contributed by atoms with Gasteiger partial charge in [-0.1, -0.05) is 19.1 Å². The minimum Gasteiger partial charge on any atom is -0.494 e. The average Bonchev–Trinajstić information content (AvgIpc) is 2.95. The number of aryl methyl sites for hydroxylation is 1. The predicted octanol–water partition coefficient (Wildman–Crippen LogP) is 3.21. The molecule has 20 heavy (non-hydrogen) atoms. The Labute approximate surface area is 122 Å². The summed E-state index contributed by atoms with van der Waals surface area (Å²) in [6.07, 6.45) is 1.48. The highest BCUT2D eigenvalue weighted by Crippen LogP contribution is 2.28. The number of hydrazine groups is 1. The number of hydrogen-bond acceptors (Lipinski definition) is 4. The third-order valence-electron chi connectivity index (χ3n) is 3.26. The summed E-state index contributed by atoms with van der Waals surface area (Å²) in [4.78, 5) is 2.41. The van der Waals surface area contributed by atoms with Gasteiger partial charge >= 0.3 is 0 Å². The summed E-state index contributed by atoms with van der Waals surface area (Å²) < 4.78 is 19.2. The van der Waals surface area contributed by atoms with E-state index in [1.165, 1.54) is 12.0 Å². The molecule has 1 unspecified atom stereocenters. The lowest BCUT2D eigenvalue weighted by atomic mass is 10.0. The van der Waals surface area contributed by atoms with Crippen molar-refractivity contribution in [3.8, 4) is 5.75 Å². The second-order valence-electron chi connectivity index (χ2n) is 4.51. The van der Waals surface area contributed by atoms with Gasteiger partial charge in [0, 0.05) is 9.75 Å². The number of benzene rings is 1. The third kappa shape index (κ3) is 3.17. The Morgan fingerprint density at radius 2 is 2.15 bits per heavy atom. The number of nitrogens with two attached hydrogens (primary N) is 1. The van der Waals surface area contributed by atoms with Crippen molar-refractivity contribution in [3.63, 3.8) is 0 Å². The maximum Gasteiger partial charge on any atom is 0.168 e. The maximum absolute atomic E-state index is 14.2. The monoisotopic (exact) mass is 294 g/mol. The number of methoxy groups -OCH3 is 1. The standard InChI is InChI=1S/C15H19FN2OS/c1-3-11-7-8-14(20-11)12(18-17)9-10-5-4-6-13(19-2)15(10)16/h4-8,12,18H,3,9,17H2,1-2H3. The molecule has 3 nitrogen and oxygen atoms in total. The molecule has 0 bridgehead atoms. The molecule has 0 saturated heterocycles. The molecule has 0 radical (unpaired) electrons. The van der Waals surface area contributed by atoms with Crippen molar-refractivity contribution >= 4 is 11.3 Å². The Bertz CT molecular complexity index is 571. The molecular weight excluding hydrogens is 275 g/mol. The van der Waals surface area contributed by atoms with Gasteiger partial charge in [0.2, 0.25) is 0 Å². The van der Waals surface area contributed by atoms with Crippen molar-refractivity contribution in [2.75, 3.05) is 7.11 Å². The van der Waals surface area contributed by atoms with Crippen molar-refractivity contribution in [2.24, 2.45) is 5.84 Å². The molecule has 1 aromatic heterocycles.